The number of fused-ring (bicyclic) bond motifs is 1. The van der Waals surface area contributed by atoms with Gasteiger partial charge in [-0.2, -0.15) is 0 Å². The SMILES string of the molecule is CCCC(C=O)N1Cc2cc(N3CCN(CC4CCN(C)CC4)CC3)ccc2C1=O. The Labute approximate surface area is 180 Å². The van der Waals surface area contributed by atoms with Crippen LogP contribution in [0, 0.1) is 5.92 Å². The summed E-state index contributed by atoms with van der Waals surface area (Å²) >= 11 is 0. The van der Waals surface area contributed by atoms with E-state index in [0.29, 0.717) is 6.54 Å². The molecule has 0 aromatic heterocycles. The van der Waals surface area contributed by atoms with Crippen LogP contribution in [-0.2, 0) is 11.3 Å². The fraction of sp³-hybridized carbons (Fsp3) is 0.667. The maximum atomic E-state index is 12.8. The minimum absolute atomic E-state index is 0.00467. The third-order valence-corrected chi connectivity index (χ3v) is 7.15. The molecular weight excluding hydrogens is 376 g/mol. The minimum atomic E-state index is -0.304. The normalized spacial score (nSPS) is 22.4. The Hall–Kier alpha value is -1.92. The van der Waals surface area contributed by atoms with Crippen LogP contribution in [-0.4, -0.2) is 85.8 Å². The van der Waals surface area contributed by atoms with Crippen molar-refractivity contribution >= 4 is 17.9 Å². The van der Waals surface area contributed by atoms with Crippen molar-refractivity contribution < 1.29 is 9.59 Å². The maximum absolute atomic E-state index is 12.8. The summed E-state index contributed by atoms with van der Waals surface area (Å²) in [6.45, 7) is 10.6. The Balaban J connectivity index is 1.34. The Morgan fingerprint density at radius 1 is 1.10 bits per heavy atom. The first-order valence-electron chi connectivity index (χ1n) is 11.6. The number of hydrogen-bond donors (Lipinski definition) is 0. The number of hydrogen-bond acceptors (Lipinski definition) is 5. The van der Waals surface area contributed by atoms with Gasteiger partial charge in [-0.05, 0) is 69.1 Å². The summed E-state index contributed by atoms with van der Waals surface area (Å²) in [6, 6.07) is 5.92. The lowest BCUT2D eigenvalue weighted by Gasteiger charge is -2.39. The highest BCUT2D eigenvalue weighted by Crippen LogP contribution is 2.30. The predicted molar refractivity (Wildman–Crippen MR) is 120 cm³/mol. The van der Waals surface area contributed by atoms with Gasteiger partial charge >= 0.3 is 0 Å². The quantitative estimate of drug-likeness (QED) is 0.644. The highest BCUT2D eigenvalue weighted by Gasteiger charge is 2.33. The Morgan fingerprint density at radius 3 is 2.50 bits per heavy atom. The van der Waals surface area contributed by atoms with Gasteiger partial charge in [-0.15, -0.1) is 0 Å². The molecule has 4 rings (SSSR count). The molecule has 6 nitrogen and oxygen atoms in total. The van der Waals surface area contributed by atoms with E-state index in [1.165, 1.54) is 38.2 Å². The van der Waals surface area contributed by atoms with Crippen molar-refractivity contribution in [3.05, 3.63) is 29.3 Å². The van der Waals surface area contributed by atoms with Crippen LogP contribution in [0.25, 0.3) is 0 Å². The van der Waals surface area contributed by atoms with Crippen molar-refractivity contribution in [1.29, 1.82) is 0 Å². The fourth-order valence-corrected chi connectivity index (χ4v) is 5.19. The first-order chi connectivity index (χ1) is 14.6. The molecule has 30 heavy (non-hydrogen) atoms. The second-order valence-corrected chi connectivity index (χ2v) is 9.30. The summed E-state index contributed by atoms with van der Waals surface area (Å²) in [4.78, 5) is 33.5. The molecule has 3 heterocycles. The van der Waals surface area contributed by atoms with Crippen LogP contribution in [0.1, 0.15) is 48.5 Å². The van der Waals surface area contributed by atoms with Gasteiger partial charge in [0.15, 0.2) is 0 Å². The highest BCUT2D eigenvalue weighted by atomic mass is 16.2. The van der Waals surface area contributed by atoms with Gasteiger partial charge in [-0.1, -0.05) is 13.3 Å². The fourth-order valence-electron chi connectivity index (χ4n) is 5.19. The van der Waals surface area contributed by atoms with Crippen LogP contribution in [0.15, 0.2) is 18.2 Å². The van der Waals surface area contributed by atoms with Crippen molar-refractivity contribution in [2.24, 2.45) is 5.92 Å². The first kappa shape index (κ1) is 21.3. The number of benzene rings is 1. The molecule has 3 aliphatic heterocycles. The number of carbonyl (C=O) groups excluding carboxylic acids is 2. The van der Waals surface area contributed by atoms with Gasteiger partial charge in [-0.3, -0.25) is 9.69 Å². The zero-order chi connectivity index (χ0) is 21.1. The number of piperazine rings is 1. The van der Waals surface area contributed by atoms with Crippen molar-refractivity contribution in [2.75, 3.05) is 57.8 Å². The lowest BCUT2D eigenvalue weighted by Crippen LogP contribution is -2.48. The average molecular weight is 413 g/mol. The number of nitrogens with zero attached hydrogens (tertiary/aromatic N) is 4. The van der Waals surface area contributed by atoms with Gasteiger partial charge in [-0.25, -0.2) is 0 Å². The molecule has 0 N–H and O–H groups in total. The number of piperidine rings is 1. The van der Waals surface area contributed by atoms with E-state index in [4.69, 9.17) is 0 Å². The smallest absolute Gasteiger partial charge is 0.255 e. The van der Waals surface area contributed by atoms with Gasteiger partial charge in [0.2, 0.25) is 0 Å². The van der Waals surface area contributed by atoms with Crippen LogP contribution < -0.4 is 4.90 Å². The molecule has 0 bridgehead atoms. The van der Waals surface area contributed by atoms with Crippen LogP contribution in [0.3, 0.4) is 0 Å². The standard InChI is InChI=1S/C24H36N4O2/c1-3-4-22(18-29)28-17-20-15-21(5-6-23(20)24(28)30)27-13-11-26(12-14-27)16-19-7-9-25(2)10-8-19/h5-6,15,18-19,22H,3-4,7-14,16-17H2,1-2H3. The van der Waals surface area contributed by atoms with E-state index in [-0.39, 0.29) is 11.9 Å². The van der Waals surface area contributed by atoms with Crippen LogP contribution >= 0.6 is 0 Å². The van der Waals surface area contributed by atoms with Gasteiger partial charge in [0.05, 0.1) is 6.04 Å². The molecule has 0 radical (unpaired) electrons. The number of anilines is 1. The first-order valence-corrected chi connectivity index (χ1v) is 11.6. The number of carbonyl (C=O) groups is 2. The van der Waals surface area contributed by atoms with Crippen molar-refractivity contribution in [3.8, 4) is 0 Å². The van der Waals surface area contributed by atoms with Crippen LogP contribution in [0.4, 0.5) is 5.69 Å². The number of amides is 1. The Morgan fingerprint density at radius 2 is 1.83 bits per heavy atom. The zero-order valence-electron chi connectivity index (χ0n) is 18.6. The van der Waals surface area contributed by atoms with Crippen LogP contribution in [0.5, 0.6) is 0 Å². The molecular formula is C24H36N4O2. The van der Waals surface area contributed by atoms with Gasteiger partial charge < -0.3 is 19.5 Å². The van der Waals surface area contributed by atoms with Crippen LogP contribution in [0.2, 0.25) is 0 Å². The summed E-state index contributed by atoms with van der Waals surface area (Å²) < 4.78 is 0. The van der Waals surface area contributed by atoms with Gasteiger partial charge in [0.25, 0.3) is 5.91 Å². The molecule has 1 amide bonds. The predicted octanol–water partition coefficient (Wildman–Crippen LogP) is 2.47. The highest BCUT2D eigenvalue weighted by molar-refractivity contribution is 6.00. The number of aldehydes is 1. The second-order valence-electron chi connectivity index (χ2n) is 9.30. The van der Waals surface area contributed by atoms with E-state index in [2.05, 4.69) is 40.8 Å². The zero-order valence-corrected chi connectivity index (χ0v) is 18.6. The average Bonchev–Trinajstić information content (AvgIpc) is 3.10. The van der Waals surface area contributed by atoms with E-state index in [0.717, 1.165) is 62.4 Å². The van der Waals surface area contributed by atoms with E-state index >= 15 is 0 Å². The van der Waals surface area contributed by atoms with E-state index in [1.807, 2.05) is 6.07 Å². The largest absolute Gasteiger partial charge is 0.369 e. The van der Waals surface area contributed by atoms with Gasteiger partial charge in [0, 0.05) is 50.5 Å². The van der Waals surface area contributed by atoms with Crippen molar-refractivity contribution in [3.63, 3.8) is 0 Å². The molecule has 1 unspecified atom stereocenters. The molecule has 2 saturated heterocycles. The molecule has 0 saturated carbocycles. The topological polar surface area (TPSA) is 47.1 Å². The summed E-state index contributed by atoms with van der Waals surface area (Å²) in [5.74, 6) is 0.851. The monoisotopic (exact) mass is 412 g/mol. The Bertz CT molecular complexity index is 752. The summed E-state index contributed by atoms with van der Waals surface area (Å²) in [6.07, 6.45) is 5.21. The maximum Gasteiger partial charge on any atom is 0.255 e. The lowest BCUT2D eigenvalue weighted by molar-refractivity contribution is -0.112. The van der Waals surface area contributed by atoms with Gasteiger partial charge in [0.1, 0.15) is 6.29 Å². The third kappa shape index (κ3) is 4.54. The molecule has 1 aromatic carbocycles. The van der Waals surface area contributed by atoms with Crippen molar-refractivity contribution in [1.82, 2.24) is 14.7 Å². The van der Waals surface area contributed by atoms with E-state index < -0.39 is 0 Å². The van der Waals surface area contributed by atoms with E-state index in [9.17, 15) is 9.59 Å². The molecule has 1 aromatic rings. The second kappa shape index (κ2) is 9.48. The van der Waals surface area contributed by atoms with Crippen molar-refractivity contribution in [2.45, 2.75) is 45.2 Å². The molecule has 0 spiro atoms. The number of rotatable bonds is 7. The minimum Gasteiger partial charge on any atom is -0.369 e. The summed E-state index contributed by atoms with van der Waals surface area (Å²) in [5, 5.41) is 0. The molecule has 0 aliphatic carbocycles. The summed E-state index contributed by atoms with van der Waals surface area (Å²) in [7, 11) is 2.22. The molecule has 164 valence electrons. The van der Waals surface area contributed by atoms with E-state index in [1.54, 1.807) is 4.90 Å². The molecule has 1 atom stereocenters. The summed E-state index contributed by atoms with van der Waals surface area (Å²) in [5.41, 5.74) is 3.04. The molecule has 2 fully saturated rings. The Kier molecular flexibility index (Phi) is 6.74. The molecule has 6 heteroatoms. The molecule has 3 aliphatic rings. The third-order valence-electron chi connectivity index (χ3n) is 7.15. The lowest BCUT2D eigenvalue weighted by atomic mass is 9.96. The number of likely N-dealkylation sites (tertiary alicyclic amines) is 1.